The van der Waals surface area contributed by atoms with E-state index in [1.54, 1.807) is 6.92 Å². The van der Waals surface area contributed by atoms with Gasteiger partial charge >= 0.3 is 0 Å². The highest BCUT2D eigenvalue weighted by molar-refractivity contribution is 5.48. The molecule has 1 aliphatic rings. The van der Waals surface area contributed by atoms with E-state index in [1.807, 2.05) is 12.1 Å². The highest BCUT2D eigenvalue weighted by atomic mass is 16.6. The molecule has 3 heteroatoms. The molecule has 1 heterocycles. The molecule has 0 aliphatic carbocycles. The molecule has 1 N–H and O–H groups in total. The van der Waals surface area contributed by atoms with Crippen LogP contribution in [0.5, 0.6) is 11.5 Å². The van der Waals surface area contributed by atoms with Gasteiger partial charge < -0.3 is 14.6 Å². The number of hydrogen-bond acceptors (Lipinski definition) is 3. The van der Waals surface area contributed by atoms with Crippen molar-refractivity contribution in [3.63, 3.8) is 0 Å². The molecule has 0 amide bonds. The molecule has 15 heavy (non-hydrogen) atoms. The molecule has 0 fully saturated rings. The van der Waals surface area contributed by atoms with Crippen LogP contribution in [0.1, 0.15) is 31.1 Å². The largest absolute Gasteiger partial charge is 0.486 e. The van der Waals surface area contributed by atoms with Crippen LogP contribution in [0.4, 0.5) is 0 Å². The van der Waals surface area contributed by atoms with E-state index in [4.69, 9.17) is 9.47 Å². The normalized spacial score (nSPS) is 16.2. The van der Waals surface area contributed by atoms with E-state index in [-0.39, 0.29) is 0 Å². The third kappa shape index (κ3) is 1.92. The summed E-state index contributed by atoms with van der Waals surface area (Å²) in [6.07, 6.45) is 0.424. The van der Waals surface area contributed by atoms with Crippen molar-refractivity contribution in [2.75, 3.05) is 13.2 Å². The molecule has 82 valence electrons. The topological polar surface area (TPSA) is 38.7 Å². The summed E-state index contributed by atoms with van der Waals surface area (Å²) in [6.45, 7) is 5.02. The zero-order chi connectivity index (χ0) is 10.8. The average Bonchev–Trinajstić information content (AvgIpc) is 2.27. The predicted octanol–water partition coefficient (Wildman–Crippen LogP) is 2.07. The van der Waals surface area contributed by atoms with Crippen LogP contribution in [-0.2, 0) is 6.42 Å². The van der Waals surface area contributed by atoms with Crippen LogP contribution >= 0.6 is 0 Å². The highest BCUT2D eigenvalue weighted by Gasteiger charge is 2.16. The van der Waals surface area contributed by atoms with Gasteiger partial charge in [-0.3, -0.25) is 0 Å². The van der Waals surface area contributed by atoms with Crippen LogP contribution in [0.2, 0.25) is 0 Å². The minimum Gasteiger partial charge on any atom is -0.486 e. The number of rotatable bonds is 2. The molecule has 0 spiro atoms. The summed E-state index contributed by atoms with van der Waals surface area (Å²) in [5, 5.41) is 9.64. The van der Waals surface area contributed by atoms with E-state index >= 15 is 0 Å². The van der Waals surface area contributed by atoms with Crippen LogP contribution in [0.15, 0.2) is 12.1 Å². The van der Waals surface area contributed by atoms with Gasteiger partial charge in [0.1, 0.15) is 13.2 Å². The second-order valence-corrected chi connectivity index (χ2v) is 3.72. The summed E-state index contributed by atoms with van der Waals surface area (Å²) < 4.78 is 11.0. The van der Waals surface area contributed by atoms with Crippen molar-refractivity contribution >= 4 is 0 Å². The molecular weight excluding hydrogens is 192 g/mol. The molecular formula is C12H16O3. The van der Waals surface area contributed by atoms with Crippen LogP contribution in [0.25, 0.3) is 0 Å². The lowest BCUT2D eigenvalue weighted by atomic mass is 10.00. The Balaban J connectivity index is 2.46. The number of aliphatic hydroxyl groups is 1. The Kier molecular flexibility index (Phi) is 2.82. The first kappa shape index (κ1) is 10.3. The van der Waals surface area contributed by atoms with Gasteiger partial charge in [0.2, 0.25) is 0 Å². The van der Waals surface area contributed by atoms with Crippen LogP contribution < -0.4 is 9.47 Å². The zero-order valence-electron chi connectivity index (χ0n) is 9.12. The third-order valence-corrected chi connectivity index (χ3v) is 2.64. The van der Waals surface area contributed by atoms with E-state index < -0.39 is 6.10 Å². The van der Waals surface area contributed by atoms with Crippen LogP contribution in [0, 0.1) is 0 Å². The molecule has 0 saturated heterocycles. The number of aliphatic hydroxyl groups excluding tert-OH is 1. The van der Waals surface area contributed by atoms with Crippen LogP contribution in [-0.4, -0.2) is 18.3 Å². The lowest BCUT2D eigenvalue weighted by Crippen LogP contribution is -2.16. The van der Waals surface area contributed by atoms with Crippen molar-refractivity contribution in [2.45, 2.75) is 26.4 Å². The average molecular weight is 208 g/mol. The van der Waals surface area contributed by atoms with Gasteiger partial charge in [0.05, 0.1) is 6.10 Å². The molecule has 1 atom stereocenters. The zero-order valence-corrected chi connectivity index (χ0v) is 9.12. The van der Waals surface area contributed by atoms with Crippen LogP contribution in [0.3, 0.4) is 0 Å². The van der Waals surface area contributed by atoms with Crippen molar-refractivity contribution < 1.29 is 14.6 Å². The van der Waals surface area contributed by atoms with Crippen molar-refractivity contribution in [1.82, 2.24) is 0 Å². The number of aryl methyl sites for hydroxylation is 1. The Labute approximate surface area is 89.6 Å². The minimum absolute atomic E-state index is 0.462. The van der Waals surface area contributed by atoms with E-state index in [1.165, 1.54) is 0 Å². The lowest BCUT2D eigenvalue weighted by Gasteiger charge is -2.21. The Morgan fingerprint density at radius 3 is 2.40 bits per heavy atom. The second kappa shape index (κ2) is 4.11. The van der Waals surface area contributed by atoms with E-state index in [9.17, 15) is 5.11 Å². The molecule has 2 rings (SSSR count). The van der Waals surface area contributed by atoms with Gasteiger partial charge in [-0.2, -0.15) is 0 Å². The van der Waals surface area contributed by atoms with E-state index in [0.29, 0.717) is 13.2 Å². The smallest absolute Gasteiger partial charge is 0.161 e. The van der Waals surface area contributed by atoms with Crippen molar-refractivity contribution in [2.24, 2.45) is 0 Å². The summed E-state index contributed by atoms with van der Waals surface area (Å²) >= 11 is 0. The Bertz CT molecular complexity index is 358. The molecule has 0 aromatic heterocycles. The van der Waals surface area contributed by atoms with Gasteiger partial charge in [0.25, 0.3) is 0 Å². The maximum atomic E-state index is 9.64. The first-order valence-electron chi connectivity index (χ1n) is 5.33. The SMILES string of the molecule is CCc1cc2c(cc1[C@@H](C)O)OCCO2. The van der Waals surface area contributed by atoms with Gasteiger partial charge in [-0.25, -0.2) is 0 Å². The van der Waals surface area contributed by atoms with Crippen molar-refractivity contribution in [3.05, 3.63) is 23.3 Å². The summed E-state index contributed by atoms with van der Waals surface area (Å²) in [5.41, 5.74) is 2.05. The van der Waals surface area contributed by atoms with Gasteiger partial charge in [-0.15, -0.1) is 0 Å². The molecule has 0 radical (unpaired) electrons. The number of fused-ring (bicyclic) bond motifs is 1. The predicted molar refractivity (Wildman–Crippen MR) is 57.4 cm³/mol. The van der Waals surface area contributed by atoms with Gasteiger partial charge in [0, 0.05) is 0 Å². The second-order valence-electron chi connectivity index (χ2n) is 3.72. The van der Waals surface area contributed by atoms with E-state index in [2.05, 4.69) is 6.92 Å². The van der Waals surface area contributed by atoms with E-state index in [0.717, 1.165) is 29.0 Å². The molecule has 0 bridgehead atoms. The van der Waals surface area contributed by atoms with Crippen molar-refractivity contribution in [3.8, 4) is 11.5 Å². The fourth-order valence-electron chi connectivity index (χ4n) is 1.84. The molecule has 3 nitrogen and oxygen atoms in total. The third-order valence-electron chi connectivity index (χ3n) is 2.64. The summed E-state index contributed by atoms with van der Waals surface area (Å²) in [5.74, 6) is 1.54. The maximum absolute atomic E-state index is 9.64. The Hall–Kier alpha value is -1.22. The molecule has 0 unspecified atom stereocenters. The fraction of sp³-hybridized carbons (Fsp3) is 0.500. The van der Waals surface area contributed by atoms with Gasteiger partial charge in [0.15, 0.2) is 11.5 Å². The Morgan fingerprint density at radius 2 is 1.87 bits per heavy atom. The number of benzene rings is 1. The highest BCUT2D eigenvalue weighted by Crippen LogP contribution is 2.35. The standard InChI is InChI=1S/C12H16O3/c1-3-9-6-11-12(15-5-4-14-11)7-10(9)8(2)13/h6-8,13H,3-5H2,1-2H3/t8-/m1/s1. The van der Waals surface area contributed by atoms with Gasteiger partial charge in [-0.1, -0.05) is 6.92 Å². The monoisotopic (exact) mass is 208 g/mol. The molecule has 1 aliphatic heterocycles. The molecule has 1 aromatic rings. The van der Waals surface area contributed by atoms with Crippen molar-refractivity contribution in [1.29, 1.82) is 0 Å². The molecule has 1 aromatic carbocycles. The first-order chi connectivity index (χ1) is 7.22. The number of ether oxygens (including phenoxy) is 2. The summed E-state index contributed by atoms with van der Waals surface area (Å²) in [6, 6.07) is 3.86. The fourth-order valence-corrected chi connectivity index (χ4v) is 1.84. The minimum atomic E-state index is -0.462. The molecule has 0 saturated carbocycles. The lowest BCUT2D eigenvalue weighted by molar-refractivity contribution is 0.168. The van der Waals surface area contributed by atoms with Gasteiger partial charge in [-0.05, 0) is 36.6 Å². The quantitative estimate of drug-likeness (QED) is 0.808. The first-order valence-corrected chi connectivity index (χ1v) is 5.33. The number of hydrogen-bond donors (Lipinski definition) is 1. The Morgan fingerprint density at radius 1 is 1.27 bits per heavy atom. The maximum Gasteiger partial charge on any atom is 0.161 e. The summed E-state index contributed by atoms with van der Waals surface area (Å²) in [7, 11) is 0. The summed E-state index contributed by atoms with van der Waals surface area (Å²) in [4.78, 5) is 0.